The third-order valence-electron chi connectivity index (χ3n) is 6.49. The van der Waals surface area contributed by atoms with Gasteiger partial charge in [-0.25, -0.2) is 4.98 Å². The Hall–Kier alpha value is -5.42. The highest BCUT2D eigenvalue weighted by Gasteiger charge is 2.16. The molecule has 188 valence electrons. The van der Waals surface area contributed by atoms with Gasteiger partial charge in [0.1, 0.15) is 11.5 Å². The highest BCUT2D eigenvalue weighted by Crippen LogP contribution is 2.41. The molecule has 2 N–H and O–H groups in total. The monoisotopic (exact) mass is 507 g/mol. The summed E-state index contributed by atoms with van der Waals surface area (Å²) < 4.78 is 0. The first-order chi connectivity index (χ1) is 19.2. The zero-order valence-corrected chi connectivity index (χ0v) is 21.0. The van der Waals surface area contributed by atoms with Gasteiger partial charge in [-0.15, -0.1) is 0 Å². The fourth-order valence-electron chi connectivity index (χ4n) is 4.71. The molecule has 0 bridgehead atoms. The Bertz CT molecular complexity index is 1740. The number of fused-ring (bicyclic) bond motifs is 1. The molecule has 0 fully saturated rings. The SMILES string of the molecule is Oc1ccccc1-c1cccc(C=Nc2cccc3cc(N(c4ccccc4)c4ccccc4)cc(O)c23)n1. The molecule has 6 aromatic rings. The number of aromatic hydroxyl groups is 2. The maximum Gasteiger partial charge on any atom is 0.127 e. The minimum atomic E-state index is 0.142. The van der Waals surface area contributed by atoms with Crippen molar-refractivity contribution in [3.05, 3.63) is 139 Å². The van der Waals surface area contributed by atoms with Crippen molar-refractivity contribution >= 4 is 39.7 Å². The van der Waals surface area contributed by atoms with Gasteiger partial charge in [-0.05, 0) is 66.0 Å². The van der Waals surface area contributed by atoms with Crippen LogP contribution in [0.3, 0.4) is 0 Å². The number of aromatic nitrogens is 1. The highest BCUT2D eigenvalue weighted by molar-refractivity contribution is 6.02. The van der Waals surface area contributed by atoms with Crippen LogP contribution in [0, 0.1) is 0 Å². The molecule has 0 radical (unpaired) electrons. The quantitative estimate of drug-likeness (QED) is 0.222. The van der Waals surface area contributed by atoms with Gasteiger partial charge in [0, 0.05) is 28.4 Å². The molecular weight excluding hydrogens is 482 g/mol. The molecule has 0 saturated heterocycles. The number of para-hydroxylation sites is 3. The molecule has 0 saturated carbocycles. The average molecular weight is 508 g/mol. The van der Waals surface area contributed by atoms with Crippen LogP contribution in [0.2, 0.25) is 0 Å². The minimum Gasteiger partial charge on any atom is -0.507 e. The van der Waals surface area contributed by atoms with Crippen LogP contribution in [0.5, 0.6) is 11.5 Å². The lowest BCUT2D eigenvalue weighted by Gasteiger charge is -2.26. The normalized spacial score (nSPS) is 11.2. The number of hydrogen-bond acceptors (Lipinski definition) is 5. The lowest BCUT2D eigenvalue weighted by atomic mass is 10.1. The lowest BCUT2D eigenvalue weighted by molar-refractivity contribution is 0.477. The molecule has 1 aromatic heterocycles. The summed E-state index contributed by atoms with van der Waals surface area (Å²) >= 11 is 0. The Morgan fingerprint density at radius 3 is 1.97 bits per heavy atom. The second-order valence-electron chi connectivity index (χ2n) is 9.07. The van der Waals surface area contributed by atoms with E-state index in [1.165, 1.54) is 0 Å². The van der Waals surface area contributed by atoms with Crippen LogP contribution in [0.15, 0.2) is 138 Å². The van der Waals surface area contributed by atoms with E-state index in [2.05, 4.69) is 20.9 Å². The van der Waals surface area contributed by atoms with Crippen molar-refractivity contribution in [3.8, 4) is 22.8 Å². The van der Waals surface area contributed by atoms with Gasteiger partial charge < -0.3 is 15.1 Å². The van der Waals surface area contributed by atoms with Crippen LogP contribution in [0.25, 0.3) is 22.0 Å². The van der Waals surface area contributed by atoms with E-state index in [0.717, 1.165) is 22.4 Å². The van der Waals surface area contributed by atoms with Gasteiger partial charge in [0.15, 0.2) is 0 Å². The number of aliphatic imine (C=N–C) groups is 1. The van der Waals surface area contributed by atoms with Crippen LogP contribution in [0.1, 0.15) is 5.69 Å². The third-order valence-corrected chi connectivity index (χ3v) is 6.49. The zero-order chi connectivity index (χ0) is 26.6. The van der Waals surface area contributed by atoms with E-state index >= 15 is 0 Å². The lowest BCUT2D eigenvalue weighted by Crippen LogP contribution is -2.09. The van der Waals surface area contributed by atoms with Crippen molar-refractivity contribution in [2.45, 2.75) is 0 Å². The van der Waals surface area contributed by atoms with E-state index in [1.54, 1.807) is 24.4 Å². The van der Waals surface area contributed by atoms with E-state index in [0.29, 0.717) is 28.0 Å². The Morgan fingerprint density at radius 2 is 1.26 bits per heavy atom. The standard InChI is InChI=1S/C34H25N3O2/c38-32-20-8-7-17-29(32)30-18-10-12-25(36-30)23-35-31-19-9-11-24-21-28(22-33(39)34(24)31)37(26-13-3-1-4-14-26)27-15-5-2-6-16-27/h1-23,38-39H. The van der Waals surface area contributed by atoms with Gasteiger partial charge in [-0.2, -0.15) is 0 Å². The van der Waals surface area contributed by atoms with Crippen LogP contribution in [0.4, 0.5) is 22.7 Å². The molecule has 0 atom stereocenters. The average Bonchev–Trinajstić information content (AvgIpc) is 2.98. The molecule has 0 aliphatic rings. The summed E-state index contributed by atoms with van der Waals surface area (Å²) in [6, 6.07) is 42.5. The highest BCUT2D eigenvalue weighted by atomic mass is 16.3. The summed E-state index contributed by atoms with van der Waals surface area (Å²) in [5.41, 5.74) is 5.42. The Labute approximate surface area is 226 Å². The Kier molecular flexibility index (Phi) is 6.46. The van der Waals surface area contributed by atoms with E-state index in [-0.39, 0.29) is 11.5 Å². The van der Waals surface area contributed by atoms with Crippen LogP contribution in [-0.4, -0.2) is 21.4 Å². The number of benzene rings is 5. The van der Waals surface area contributed by atoms with Gasteiger partial charge >= 0.3 is 0 Å². The van der Waals surface area contributed by atoms with Crippen LogP contribution < -0.4 is 4.90 Å². The zero-order valence-electron chi connectivity index (χ0n) is 21.0. The molecular formula is C34H25N3O2. The molecule has 0 aliphatic heterocycles. The largest absolute Gasteiger partial charge is 0.507 e. The fraction of sp³-hybridized carbons (Fsp3) is 0. The number of anilines is 3. The fourth-order valence-corrected chi connectivity index (χ4v) is 4.71. The third kappa shape index (κ3) is 4.93. The predicted molar refractivity (Wildman–Crippen MR) is 159 cm³/mol. The van der Waals surface area contributed by atoms with Crippen molar-refractivity contribution in [1.29, 1.82) is 0 Å². The summed E-state index contributed by atoms with van der Waals surface area (Å²) in [6.07, 6.45) is 1.67. The second-order valence-corrected chi connectivity index (χ2v) is 9.07. The van der Waals surface area contributed by atoms with Crippen molar-refractivity contribution in [2.24, 2.45) is 4.99 Å². The molecule has 0 aliphatic carbocycles. The van der Waals surface area contributed by atoms with Gasteiger partial charge in [-0.3, -0.25) is 4.99 Å². The molecule has 5 aromatic carbocycles. The molecule has 0 spiro atoms. The van der Waals surface area contributed by atoms with Crippen LogP contribution in [-0.2, 0) is 0 Å². The number of pyridine rings is 1. The van der Waals surface area contributed by atoms with Crippen molar-refractivity contribution in [3.63, 3.8) is 0 Å². The summed E-state index contributed by atoms with van der Waals surface area (Å²) in [5.74, 6) is 0.317. The maximum absolute atomic E-state index is 11.3. The Balaban J connectivity index is 1.39. The van der Waals surface area contributed by atoms with Crippen molar-refractivity contribution in [2.75, 3.05) is 4.90 Å². The second kappa shape index (κ2) is 10.5. The summed E-state index contributed by atoms with van der Waals surface area (Å²) in [7, 11) is 0. The first-order valence-corrected chi connectivity index (χ1v) is 12.6. The van der Waals surface area contributed by atoms with Gasteiger partial charge in [0.2, 0.25) is 0 Å². The van der Waals surface area contributed by atoms with E-state index in [1.807, 2.05) is 109 Å². The molecule has 6 rings (SSSR count). The van der Waals surface area contributed by atoms with E-state index in [4.69, 9.17) is 0 Å². The van der Waals surface area contributed by atoms with Gasteiger partial charge in [0.05, 0.1) is 29.0 Å². The first-order valence-electron chi connectivity index (χ1n) is 12.6. The van der Waals surface area contributed by atoms with Crippen LogP contribution >= 0.6 is 0 Å². The van der Waals surface area contributed by atoms with Crippen molar-refractivity contribution in [1.82, 2.24) is 4.98 Å². The maximum atomic E-state index is 11.3. The smallest absolute Gasteiger partial charge is 0.127 e. The Morgan fingerprint density at radius 1 is 0.590 bits per heavy atom. The topological polar surface area (TPSA) is 69.0 Å². The first kappa shape index (κ1) is 23.9. The minimum absolute atomic E-state index is 0.142. The predicted octanol–water partition coefficient (Wildman–Crippen LogP) is 8.53. The van der Waals surface area contributed by atoms with E-state index < -0.39 is 0 Å². The summed E-state index contributed by atoms with van der Waals surface area (Å²) in [5, 5.41) is 23.0. The van der Waals surface area contributed by atoms with Gasteiger partial charge in [-0.1, -0.05) is 66.7 Å². The summed E-state index contributed by atoms with van der Waals surface area (Å²) in [6.45, 7) is 0. The molecule has 5 heteroatoms. The number of phenolic OH excluding ortho intramolecular Hbond substituents is 2. The molecule has 5 nitrogen and oxygen atoms in total. The molecule has 0 amide bonds. The van der Waals surface area contributed by atoms with Gasteiger partial charge in [0.25, 0.3) is 0 Å². The number of hydrogen-bond donors (Lipinski definition) is 2. The molecule has 1 heterocycles. The summed E-state index contributed by atoms with van der Waals surface area (Å²) in [4.78, 5) is 11.5. The number of phenols is 2. The van der Waals surface area contributed by atoms with Crippen molar-refractivity contribution < 1.29 is 10.2 Å². The number of rotatable bonds is 6. The molecule has 0 unspecified atom stereocenters. The van der Waals surface area contributed by atoms with E-state index in [9.17, 15) is 10.2 Å². The number of nitrogens with zero attached hydrogens (tertiary/aromatic N) is 3. The molecule has 39 heavy (non-hydrogen) atoms.